The molecule has 2 aromatic rings. The van der Waals surface area contributed by atoms with Crippen LogP contribution in [0.1, 0.15) is 54.6 Å². The molecule has 1 amide bonds. The first-order valence-electron chi connectivity index (χ1n) is 13.5. The Hall–Kier alpha value is -2.37. The van der Waals surface area contributed by atoms with E-state index in [4.69, 9.17) is 0 Å². The summed E-state index contributed by atoms with van der Waals surface area (Å²) < 4.78 is 0. The lowest BCUT2D eigenvalue weighted by molar-refractivity contribution is -0.0607. The minimum Gasteiger partial charge on any atom is -0.508 e. The monoisotopic (exact) mass is 473 g/mol. The maximum absolute atomic E-state index is 13.7. The Bertz CT molecular complexity index is 1120. The van der Waals surface area contributed by atoms with Crippen molar-refractivity contribution in [3.63, 3.8) is 0 Å². The van der Waals surface area contributed by atoms with Gasteiger partial charge in [-0.05, 0) is 91.9 Å². The van der Waals surface area contributed by atoms with Crippen LogP contribution in [0.4, 0.5) is 0 Å². The fraction of sp³-hybridized carbons (Fsp3) is 0.567. The number of fused-ring (bicyclic) bond motifs is 2. The third-order valence-electron chi connectivity index (χ3n) is 10.3. The van der Waals surface area contributed by atoms with E-state index in [9.17, 15) is 9.90 Å². The number of nitrogens with one attached hydrogen (secondary N) is 1. The van der Waals surface area contributed by atoms with Crippen LogP contribution in [0.5, 0.6) is 5.75 Å². The standard InChI is InChI=1S/C30H39N3O2/c1-4-25-27-22(19-33(25)28(35)20-8-6-5-7-9-20)18-29(2)26-16-21-10-11-23(34)17-24(21)30(27,29)12-14-32(26)15-13-31-3/h5-11,17,22,25-27,31,34H,4,12-16,18-19H2,1-3H3/t22-,25?,26?,27?,29?,30?/m1/s1. The summed E-state index contributed by atoms with van der Waals surface area (Å²) in [5, 5.41) is 14.0. The zero-order valence-corrected chi connectivity index (χ0v) is 21.3. The first-order chi connectivity index (χ1) is 16.9. The first-order valence-corrected chi connectivity index (χ1v) is 13.5. The van der Waals surface area contributed by atoms with Crippen molar-refractivity contribution in [2.24, 2.45) is 17.3 Å². The predicted molar refractivity (Wildman–Crippen MR) is 139 cm³/mol. The summed E-state index contributed by atoms with van der Waals surface area (Å²) in [5.41, 5.74) is 3.72. The number of phenols is 1. The Morgan fingerprint density at radius 3 is 2.74 bits per heavy atom. The summed E-state index contributed by atoms with van der Waals surface area (Å²) in [4.78, 5) is 18.6. The molecule has 2 aliphatic carbocycles. The minimum atomic E-state index is -0.00278. The molecule has 2 N–H and O–H groups in total. The summed E-state index contributed by atoms with van der Waals surface area (Å²) in [5.74, 6) is 1.49. The van der Waals surface area contributed by atoms with E-state index in [1.54, 1.807) is 0 Å². The second kappa shape index (κ2) is 8.35. The molecule has 6 atom stereocenters. The van der Waals surface area contributed by atoms with Gasteiger partial charge >= 0.3 is 0 Å². The highest BCUT2D eigenvalue weighted by Gasteiger charge is 2.72. The molecule has 0 aromatic heterocycles. The van der Waals surface area contributed by atoms with Crippen molar-refractivity contribution in [3.05, 3.63) is 65.2 Å². The van der Waals surface area contributed by atoms with Crippen molar-refractivity contribution >= 4 is 5.91 Å². The molecule has 2 saturated heterocycles. The number of piperidine rings is 1. The number of phenolic OH excluding ortho intramolecular Hbond substituents is 1. The molecule has 6 rings (SSSR count). The van der Waals surface area contributed by atoms with Gasteiger partial charge in [0.05, 0.1) is 0 Å². The van der Waals surface area contributed by atoms with Gasteiger partial charge < -0.3 is 15.3 Å². The Kier molecular flexibility index (Phi) is 5.50. The van der Waals surface area contributed by atoms with Gasteiger partial charge in [0.2, 0.25) is 0 Å². The molecule has 1 saturated carbocycles. The topological polar surface area (TPSA) is 55.8 Å². The van der Waals surface area contributed by atoms with Gasteiger partial charge in [-0.15, -0.1) is 0 Å². The molecule has 186 valence electrons. The summed E-state index contributed by atoms with van der Waals surface area (Å²) in [7, 11) is 2.04. The third kappa shape index (κ3) is 3.10. The Morgan fingerprint density at radius 2 is 2.00 bits per heavy atom. The van der Waals surface area contributed by atoms with Crippen molar-refractivity contribution in [1.82, 2.24) is 15.1 Å². The highest BCUT2D eigenvalue weighted by Crippen LogP contribution is 2.71. The van der Waals surface area contributed by atoms with Gasteiger partial charge in [0.1, 0.15) is 5.75 Å². The molecule has 5 nitrogen and oxygen atoms in total. The van der Waals surface area contributed by atoms with E-state index in [1.807, 2.05) is 43.4 Å². The van der Waals surface area contributed by atoms with Crippen LogP contribution in [0.25, 0.3) is 0 Å². The molecular weight excluding hydrogens is 434 g/mol. The van der Waals surface area contributed by atoms with E-state index in [0.29, 0.717) is 23.6 Å². The Labute approximate surface area is 209 Å². The summed E-state index contributed by atoms with van der Waals surface area (Å²) in [6.45, 7) is 8.83. The average molecular weight is 474 g/mol. The maximum Gasteiger partial charge on any atom is 0.254 e. The molecule has 4 aliphatic rings. The van der Waals surface area contributed by atoms with Gasteiger partial charge in [0.15, 0.2) is 0 Å². The minimum absolute atomic E-state index is 0.00278. The molecule has 5 unspecified atom stereocenters. The van der Waals surface area contributed by atoms with Crippen molar-refractivity contribution in [2.75, 3.05) is 33.2 Å². The number of hydrogen-bond donors (Lipinski definition) is 2. The van der Waals surface area contributed by atoms with Crippen LogP contribution in [0.15, 0.2) is 48.5 Å². The number of hydrogen-bond acceptors (Lipinski definition) is 4. The van der Waals surface area contributed by atoms with Crippen LogP contribution in [-0.2, 0) is 11.8 Å². The normalized spacial score (nSPS) is 35.5. The van der Waals surface area contributed by atoms with Crippen LogP contribution in [0.3, 0.4) is 0 Å². The van der Waals surface area contributed by atoms with Crippen molar-refractivity contribution in [1.29, 1.82) is 0 Å². The molecule has 0 spiro atoms. The summed E-state index contributed by atoms with van der Waals surface area (Å²) in [6.07, 6.45) is 4.29. The number of amides is 1. The molecule has 2 heterocycles. The van der Waals surface area contributed by atoms with Gasteiger partial charge in [-0.3, -0.25) is 9.69 Å². The Morgan fingerprint density at radius 1 is 1.20 bits per heavy atom. The van der Waals surface area contributed by atoms with E-state index in [-0.39, 0.29) is 22.8 Å². The summed E-state index contributed by atoms with van der Waals surface area (Å²) in [6, 6.07) is 16.7. The molecule has 35 heavy (non-hydrogen) atoms. The fourth-order valence-electron chi connectivity index (χ4n) is 9.12. The fourth-order valence-corrected chi connectivity index (χ4v) is 9.12. The van der Waals surface area contributed by atoms with Crippen LogP contribution in [0.2, 0.25) is 0 Å². The Balaban J connectivity index is 1.46. The lowest BCUT2D eigenvalue weighted by Gasteiger charge is -2.63. The molecule has 0 radical (unpaired) electrons. The number of carbonyl (C=O) groups excluding carboxylic acids is 1. The number of nitrogens with zero attached hydrogens (tertiary/aromatic N) is 2. The number of carbonyl (C=O) groups is 1. The second-order valence-electron chi connectivity index (χ2n) is 11.6. The van der Waals surface area contributed by atoms with E-state index in [0.717, 1.165) is 57.4 Å². The molecule has 2 aliphatic heterocycles. The molecule has 2 aromatic carbocycles. The van der Waals surface area contributed by atoms with Crippen LogP contribution in [0, 0.1) is 17.3 Å². The van der Waals surface area contributed by atoms with E-state index >= 15 is 0 Å². The number of likely N-dealkylation sites (N-methyl/N-ethyl adjacent to an activating group) is 1. The highest BCUT2D eigenvalue weighted by molar-refractivity contribution is 5.94. The zero-order valence-electron chi connectivity index (χ0n) is 21.3. The average Bonchev–Trinajstić information content (AvgIpc) is 3.35. The SMILES string of the molecule is CCC1C2[C@@H](CN1C(=O)c1ccccc1)CC1(C)C3Cc4ccc(O)cc4C21CCN3CCNC. The lowest BCUT2D eigenvalue weighted by Crippen LogP contribution is -2.67. The van der Waals surface area contributed by atoms with Crippen molar-refractivity contribution < 1.29 is 9.90 Å². The van der Waals surface area contributed by atoms with Crippen molar-refractivity contribution in [3.8, 4) is 5.75 Å². The van der Waals surface area contributed by atoms with Gasteiger partial charge in [0.25, 0.3) is 5.91 Å². The van der Waals surface area contributed by atoms with Crippen LogP contribution < -0.4 is 5.32 Å². The predicted octanol–water partition coefficient (Wildman–Crippen LogP) is 4.06. The number of aromatic hydroxyl groups is 1. The summed E-state index contributed by atoms with van der Waals surface area (Å²) >= 11 is 0. The third-order valence-corrected chi connectivity index (χ3v) is 10.3. The molecular formula is C30H39N3O2. The van der Waals surface area contributed by atoms with Gasteiger partial charge in [-0.25, -0.2) is 0 Å². The van der Waals surface area contributed by atoms with Crippen LogP contribution in [-0.4, -0.2) is 66.1 Å². The molecule has 2 bridgehead atoms. The quantitative estimate of drug-likeness (QED) is 0.688. The molecule has 5 heteroatoms. The highest BCUT2D eigenvalue weighted by atomic mass is 16.3. The second-order valence-corrected chi connectivity index (χ2v) is 11.6. The van der Waals surface area contributed by atoms with Gasteiger partial charge in [0, 0.05) is 42.7 Å². The van der Waals surface area contributed by atoms with Crippen molar-refractivity contribution in [2.45, 2.75) is 57.0 Å². The van der Waals surface area contributed by atoms with E-state index < -0.39 is 0 Å². The first kappa shape index (κ1) is 23.1. The largest absolute Gasteiger partial charge is 0.508 e. The van der Waals surface area contributed by atoms with Gasteiger partial charge in [-0.2, -0.15) is 0 Å². The van der Waals surface area contributed by atoms with E-state index in [2.05, 4.69) is 41.1 Å². The number of rotatable bonds is 5. The zero-order chi connectivity index (χ0) is 24.4. The van der Waals surface area contributed by atoms with E-state index in [1.165, 1.54) is 11.1 Å². The molecule has 3 fully saturated rings. The lowest BCUT2D eigenvalue weighted by atomic mass is 9.48. The van der Waals surface area contributed by atoms with Crippen LogP contribution >= 0.6 is 0 Å². The smallest absolute Gasteiger partial charge is 0.254 e. The number of benzene rings is 2. The van der Waals surface area contributed by atoms with Gasteiger partial charge in [-0.1, -0.05) is 38.1 Å². The maximum atomic E-state index is 13.7. The number of likely N-dealkylation sites (tertiary alicyclic amines) is 2.